The fraction of sp³-hybridized carbons (Fsp3) is 0.0714. The Morgan fingerprint density at radius 2 is 1.85 bits per heavy atom. The Hall–Kier alpha value is -1.65. The summed E-state index contributed by atoms with van der Waals surface area (Å²) in [5, 5.41) is 0.168. The summed E-state index contributed by atoms with van der Waals surface area (Å²) in [4.78, 5) is 12.2. The van der Waals surface area contributed by atoms with Crippen molar-refractivity contribution in [1.82, 2.24) is 0 Å². The number of nitrogen functional groups attached to an aromatic ring is 1. The topological polar surface area (TPSA) is 43.1 Å². The van der Waals surface area contributed by atoms with Crippen LogP contribution < -0.4 is 5.73 Å². The predicted molar refractivity (Wildman–Crippen MR) is 75.3 cm³/mol. The van der Waals surface area contributed by atoms with Crippen LogP contribution in [0.2, 0.25) is 10.0 Å². The van der Waals surface area contributed by atoms with Gasteiger partial charge in [0.25, 0.3) is 0 Å². The Morgan fingerprint density at radius 1 is 1.15 bits per heavy atom. The fourth-order valence-corrected chi connectivity index (χ4v) is 2.33. The quantitative estimate of drug-likeness (QED) is 0.678. The minimum Gasteiger partial charge on any atom is -0.398 e. The van der Waals surface area contributed by atoms with Crippen molar-refractivity contribution in [3.05, 3.63) is 63.1 Å². The minimum absolute atomic E-state index is 0.0324. The van der Waals surface area contributed by atoms with Gasteiger partial charge in [0.15, 0.2) is 5.78 Å². The summed E-state index contributed by atoms with van der Waals surface area (Å²) in [7, 11) is 0. The van der Waals surface area contributed by atoms with Gasteiger partial charge in [-0.05, 0) is 23.8 Å². The molecule has 2 N–H and O–H groups in total. The van der Waals surface area contributed by atoms with E-state index in [0.29, 0.717) is 6.07 Å². The third-order valence-electron chi connectivity index (χ3n) is 2.77. The minimum atomic E-state index is -0.797. The summed E-state index contributed by atoms with van der Waals surface area (Å²) in [5.41, 5.74) is 5.91. The number of benzene rings is 2. The maximum Gasteiger partial charge on any atom is 0.170 e. The van der Waals surface area contributed by atoms with Crippen molar-refractivity contribution in [1.29, 1.82) is 0 Å². The second-order valence-corrected chi connectivity index (χ2v) is 4.95. The molecule has 0 radical (unpaired) electrons. The van der Waals surface area contributed by atoms with Crippen LogP contribution in [0.25, 0.3) is 0 Å². The van der Waals surface area contributed by atoms with Crippen molar-refractivity contribution >= 4 is 34.7 Å². The molecular weight excluding hydrogens is 307 g/mol. The molecule has 2 rings (SSSR count). The molecule has 0 unspecified atom stereocenters. The Balaban J connectivity index is 2.36. The lowest BCUT2D eigenvalue weighted by molar-refractivity contribution is 0.0992. The first-order valence-corrected chi connectivity index (χ1v) is 6.36. The normalized spacial score (nSPS) is 10.6. The first kappa shape index (κ1) is 14.8. The molecule has 0 fully saturated rings. The van der Waals surface area contributed by atoms with Gasteiger partial charge in [-0.1, -0.05) is 29.3 Å². The molecule has 0 bridgehead atoms. The first-order valence-electron chi connectivity index (χ1n) is 5.60. The van der Waals surface area contributed by atoms with E-state index >= 15 is 0 Å². The zero-order valence-corrected chi connectivity index (χ0v) is 11.6. The molecule has 2 aromatic carbocycles. The largest absolute Gasteiger partial charge is 0.398 e. The van der Waals surface area contributed by atoms with Gasteiger partial charge in [0.2, 0.25) is 0 Å². The van der Waals surface area contributed by atoms with Crippen LogP contribution >= 0.6 is 23.2 Å². The Kier molecular flexibility index (Phi) is 4.26. The fourth-order valence-electron chi connectivity index (χ4n) is 1.75. The smallest absolute Gasteiger partial charge is 0.170 e. The van der Waals surface area contributed by atoms with Gasteiger partial charge < -0.3 is 5.73 Å². The lowest BCUT2D eigenvalue weighted by atomic mass is 10.0. The van der Waals surface area contributed by atoms with Gasteiger partial charge in [-0.25, -0.2) is 8.78 Å². The number of carbonyl (C=O) groups is 1. The lowest BCUT2D eigenvalue weighted by Crippen LogP contribution is -2.08. The van der Waals surface area contributed by atoms with Crippen LogP contribution in [-0.4, -0.2) is 5.78 Å². The molecule has 0 saturated heterocycles. The van der Waals surface area contributed by atoms with Crippen molar-refractivity contribution in [3.8, 4) is 0 Å². The zero-order valence-electron chi connectivity index (χ0n) is 10.1. The molecule has 0 aliphatic heterocycles. The van der Waals surface area contributed by atoms with Crippen LogP contribution in [-0.2, 0) is 6.42 Å². The van der Waals surface area contributed by atoms with Crippen LogP contribution in [0.15, 0.2) is 30.3 Å². The number of halogens is 4. The zero-order chi connectivity index (χ0) is 14.9. The molecular formula is C14H9Cl2F2NO. The summed E-state index contributed by atoms with van der Waals surface area (Å²) < 4.78 is 26.3. The number of carbonyl (C=O) groups excluding carboxylic acids is 1. The molecule has 104 valence electrons. The van der Waals surface area contributed by atoms with Crippen molar-refractivity contribution < 1.29 is 13.6 Å². The van der Waals surface area contributed by atoms with Crippen molar-refractivity contribution in [3.63, 3.8) is 0 Å². The van der Waals surface area contributed by atoms with Crippen molar-refractivity contribution in [2.24, 2.45) is 0 Å². The van der Waals surface area contributed by atoms with E-state index in [1.807, 2.05) is 0 Å². The van der Waals surface area contributed by atoms with E-state index in [9.17, 15) is 13.6 Å². The Morgan fingerprint density at radius 3 is 2.50 bits per heavy atom. The van der Waals surface area contributed by atoms with E-state index in [-0.39, 0.29) is 33.3 Å². The number of ketones is 1. The van der Waals surface area contributed by atoms with E-state index in [1.165, 1.54) is 18.2 Å². The van der Waals surface area contributed by atoms with Crippen LogP contribution in [0.3, 0.4) is 0 Å². The summed E-state index contributed by atoms with van der Waals surface area (Å²) >= 11 is 11.9. The number of hydrogen-bond acceptors (Lipinski definition) is 2. The molecule has 0 aromatic heterocycles. The van der Waals surface area contributed by atoms with Crippen LogP contribution in [0, 0.1) is 11.6 Å². The number of nitrogens with two attached hydrogens (primary N) is 1. The Bertz CT molecular complexity index is 689. The average Bonchev–Trinajstić information content (AvgIpc) is 2.38. The maximum atomic E-state index is 13.5. The summed E-state index contributed by atoms with van der Waals surface area (Å²) in [6.07, 6.45) is -0.283. The highest BCUT2D eigenvalue weighted by atomic mass is 35.5. The summed E-state index contributed by atoms with van der Waals surface area (Å²) in [5.74, 6) is -1.99. The van der Waals surface area contributed by atoms with Gasteiger partial charge in [0.05, 0.1) is 21.3 Å². The molecule has 0 atom stereocenters. The predicted octanol–water partition coefficient (Wildman–Crippen LogP) is 4.28. The van der Waals surface area contributed by atoms with Crippen molar-refractivity contribution in [2.45, 2.75) is 6.42 Å². The highest BCUT2D eigenvalue weighted by molar-refractivity contribution is 6.41. The molecule has 0 heterocycles. The number of anilines is 1. The monoisotopic (exact) mass is 315 g/mol. The highest BCUT2D eigenvalue weighted by Crippen LogP contribution is 2.31. The van der Waals surface area contributed by atoms with Gasteiger partial charge >= 0.3 is 0 Å². The molecule has 0 aliphatic carbocycles. The second kappa shape index (κ2) is 5.77. The average molecular weight is 316 g/mol. The van der Waals surface area contributed by atoms with E-state index in [0.717, 1.165) is 6.07 Å². The van der Waals surface area contributed by atoms with Crippen LogP contribution in [0.5, 0.6) is 0 Å². The van der Waals surface area contributed by atoms with Gasteiger partial charge in [0, 0.05) is 12.5 Å². The maximum absolute atomic E-state index is 13.5. The third kappa shape index (κ3) is 2.92. The molecule has 2 aromatic rings. The highest BCUT2D eigenvalue weighted by Gasteiger charge is 2.18. The standard InChI is InChI=1S/C14H9Cl2F2NO/c15-9-3-4-11(19)14(16)13(9)12(20)5-7-1-2-8(17)6-10(7)18/h1-4,6H,5,19H2. The summed E-state index contributed by atoms with van der Waals surface area (Å²) in [6, 6.07) is 5.91. The summed E-state index contributed by atoms with van der Waals surface area (Å²) in [6.45, 7) is 0. The van der Waals surface area contributed by atoms with E-state index in [4.69, 9.17) is 28.9 Å². The number of hydrogen-bond donors (Lipinski definition) is 1. The van der Waals surface area contributed by atoms with Crippen molar-refractivity contribution in [2.75, 3.05) is 5.73 Å². The third-order valence-corrected chi connectivity index (χ3v) is 3.49. The SMILES string of the molecule is Nc1ccc(Cl)c(C(=O)Cc2ccc(F)cc2F)c1Cl. The molecule has 6 heteroatoms. The molecule has 0 aliphatic rings. The van der Waals surface area contributed by atoms with Gasteiger partial charge in [-0.3, -0.25) is 4.79 Å². The Labute approximate surface area is 124 Å². The molecule has 0 amide bonds. The molecule has 2 nitrogen and oxygen atoms in total. The van der Waals surface area contributed by atoms with Crippen LogP contribution in [0.4, 0.5) is 14.5 Å². The molecule has 0 spiro atoms. The van der Waals surface area contributed by atoms with Gasteiger partial charge in [0.1, 0.15) is 11.6 Å². The molecule has 0 saturated carbocycles. The van der Waals surface area contributed by atoms with Crippen LogP contribution in [0.1, 0.15) is 15.9 Å². The van der Waals surface area contributed by atoms with Gasteiger partial charge in [-0.2, -0.15) is 0 Å². The first-order chi connectivity index (χ1) is 9.40. The molecule has 20 heavy (non-hydrogen) atoms. The van der Waals surface area contributed by atoms with E-state index in [1.54, 1.807) is 0 Å². The van der Waals surface area contributed by atoms with E-state index < -0.39 is 17.4 Å². The lowest BCUT2D eigenvalue weighted by Gasteiger charge is -2.09. The second-order valence-electron chi connectivity index (χ2n) is 4.16. The van der Waals surface area contributed by atoms with Gasteiger partial charge in [-0.15, -0.1) is 0 Å². The van der Waals surface area contributed by atoms with E-state index in [2.05, 4.69) is 0 Å². The number of rotatable bonds is 3. The number of Topliss-reactive ketones (excluding diaryl/α,β-unsaturated/α-hetero) is 1.